The van der Waals surface area contributed by atoms with E-state index in [1.807, 2.05) is 43.3 Å². The third kappa shape index (κ3) is 4.54. The van der Waals surface area contributed by atoms with Crippen LogP contribution in [0.4, 0.5) is 16.2 Å². The van der Waals surface area contributed by atoms with Crippen molar-refractivity contribution in [2.24, 2.45) is 0 Å². The summed E-state index contributed by atoms with van der Waals surface area (Å²) in [6.07, 6.45) is 0. The molecule has 0 unspecified atom stereocenters. The number of halogens is 2. The number of piperazine rings is 1. The molecule has 1 N–H and O–H groups in total. The Morgan fingerprint density at radius 1 is 1.08 bits per heavy atom. The molecular weight excluding hydrogens is 373 g/mol. The van der Waals surface area contributed by atoms with Gasteiger partial charge in [0.25, 0.3) is 0 Å². The number of urea groups is 1. The van der Waals surface area contributed by atoms with E-state index in [0.717, 1.165) is 18.8 Å². The Labute approximate surface area is 163 Å². The number of para-hydroxylation sites is 2. The summed E-state index contributed by atoms with van der Waals surface area (Å²) < 4.78 is 5.56. The first-order chi connectivity index (χ1) is 12.6. The molecule has 1 fully saturated rings. The van der Waals surface area contributed by atoms with Crippen molar-refractivity contribution in [1.29, 1.82) is 0 Å². The summed E-state index contributed by atoms with van der Waals surface area (Å²) in [5, 5.41) is 4.16. The van der Waals surface area contributed by atoms with E-state index >= 15 is 0 Å². The van der Waals surface area contributed by atoms with Crippen molar-refractivity contribution in [2.75, 3.05) is 43.0 Å². The van der Waals surface area contributed by atoms with Gasteiger partial charge in [-0.1, -0.05) is 35.3 Å². The molecule has 26 heavy (non-hydrogen) atoms. The van der Waals surface area contributed by atoms with Crippen molar-refractivity contribution >= 4 is 40.6 Å². The Bertz CT molecular complexity index is 757. The fraction of sp³-hybridized carbons (Fsp3) is 0.316. The van der Waals surface area contributed by atoms with Crippen molar-refractivity contribution in [3.8, 4) is 5.75 Å². The third-order valence-corrected chi connectivity index (χ3v) is 4.64. The van der Waals surface area contributed by atoms with Gasteiger partial charge in [0.15, 0.2) is 0 Å². The molecule has 2 aromatic rings. The molecule has 7 heteroatoms. The summed E-state index contributed by atoms with van der Waals surface area (Å²) in [5.74, 6) is 0.676. The average Bonchev–Trinajstić information content (AvgIpc) is 2.63. The number of benzene rings is 2. The second-order valence-electron chi connectivity index (χ2n) is 5.96. The van der Waals surface area contributed by atoms with Crippen LogP contribution in [0.25, 0.3) is 0 Å². The molecule has 0 atom stereocenters. The number of nitrogens with one attached hydrogen (secondary N) is 1. The van der Waals surface area contributed by atoms with Crippen LogP contribution in [0.15, 0.2) is 42.5 Å². The van der Waals surface area contributed by atoms with Crippen LogP contribution < -0.4 is 15.0 Å². The third-order valence-electron chi connectivity index (χ3n) is 4.21. The monoisotopic (exact) mass is 393 g/mol. The fourth-order valence-corrected chi connectivity index (χ4v) is 3.45. The molecule has 138 valence electrons. The zero-order valence-electron chi connectivity index (χ0n) is 14.5. The minimum atomic E-state index is -0.124. The quantitative estimate of drug-likeness (QED) is 0.814. The van der Waals surface area contributed by atoms with Gasteiger partial charge in [0, 0.05) is 41.9 Å². The number of hydrogen-bond acceptors (Lipinski definition) is 3. The number of ether oxygens (including phenoxy) is 1. The standard InChI is InChI=1S/C19H21Cl2N3O2/c1-2-26-18-6-4-3-5-17(18)22-19(25)24-9-7-23(8-10-24)16-12-14(20)11-15(21)13-16/h3-6,11-13H,2,7-10H2,1H3,(H,22,25). The molecule has 2 aromatic carbocycles. The predicted octanol–water partition coefficient (Wildman–Crippen LogP) is 4.75. The first-order valence-electron chi connectivity index (χ1n) is 8.55. The minimum Gasteiger partial charge on any atom is -0.492 e. The van der Waals surface area contributed by atoms with Crippen molar-refractivity contribution in [3.63, 3.8) is 0 Å². The van der Waals surface area contributed by atoms with Crippen LogP contribution in [-0.2, 0) is 0 Å². The van der Waals surface area contributed by atoms with Gasteiger partial charge in [0.05, 0.1) is 12.3 Å². The van der Waals surface area contributed by atoms with Gasteiger partial charge in [0.1, 0.15) is 5.75 Å². The molecule has 3 rings (SSSR count). The van der Waals surface area contributed by atoms with E-state index in [-0.39, 0.29) is 6.03 Å². The van der Waals surface area contributed by atoms with Crippen LogP contribution in [0.2, 0.25) is 10.0 Å². The molecule has 5 nitrogen and oxygen atoms in total. The zero-order chi connectivity index (χ0) is 18.5. The van der Waals surface area contributed by atoms with E-state index in [1.165, 1.54) is 0 Å². The molecule has 1 aliphatic rings. The number of nitrogens with zero attached hydrogens (tertiary/aromatic N) is 2. The summed E-state index contributed by atoms with van der Waals surface area (Å²) >= 11 is 12.2. The van der Waals surface area contributed by atoms with Crippen LogP contribution in [0.5, 0.6) is 5.75 Å². The topological polar surface area (TPSA) is 44.8 Å². The van der Waals surface area contributed by atoms with Crippen molar-refractivity contribution < 1.29 is 9.53 Å². The smallest absolute Gasteiger partial charge is 0.322 e. The van der Waals surface area contributed by atoms with E-state index in [2.05, 4.69) is 10.2 Å². The minimum absolute atomic E-state index is 0.124. The van der Waals surface area contributed by atoms with Gasteiger partial charge in [-0.25, -0.2) is 4.79 Å². The Hall–Kier alpha value is -2.11. The number of anilines is 2. The highest BCUT2D eigenvalue weighted by molar-refractivity contribution is 6.35. The van der Waals surface area contributed by atoms with Gasteiger partial charge in [-0.2, -0.15) is 0 Å². The van der Waals surface area contributed by atoms with Crippen molar-refractivity contribution in [3.05, 3.63) is 52.5 Å². The number of hydrogen-bond donors (Lipinski definition) is 1. The van der Waals surface area contributed by atoms with Crippen LogP contribution in [0, 0.1) is 0 Å². The van der Waals surface area contributed by atoms with E-state index in [0.29, 0.717) is 41.2 Å². The van der Waals surface area contributed by atoms with Gasteiger partial charge in [-0.05, 0) is 37.3 Å². The molecule has 0 radical (unpaired) electrons. The maximum absolute atomic E-state index is 12.6. The summed E-state index contributed by atoms with van der Waals surface area (Å²) in [6.45, 7) is 5.14. The highest BCUT2D eigenvalue weighted by Crippen LogP contribution is 2.27. The van der Waals surface area contributed by atoms with Crippen LogP contribution in [0.3, 0.4) is 0 Å². The van der Waals surface area contributed by atoms with Gasteiger partial charge < -0.3 is 19.9 Å². The van der Waals surface area contributed by atoms with Gasteiger partial charge in [-0.15, -0.1) is 0 Å². The van der Waals surface area contributed by atoms with Crippen molar-refractivity contribution in [1.82, 2.24) is 4.90 Å². The molecule has 0 aliphatic carbocycles. The first kappa shape index (κ1) is 18.7. The van der Waals surface area contributed by atoms with Gasteiger partial charge in [-0.3, -0.25) is 0 Å². The Balaban J connectivity index is 1.60. The maximum Gasteiger partial charge on any atom is 0.322 e. The van der Waals surface area contributed by atoms with E-state index in [1.54, 1.807) is 11.0 Å². The van der Waals surface area contributed by atoms with Crippen LogP contribution in [-0.4, -0.2) is 43.7 Å². The molecule has 0 spiro atoms. The lowest BCUT2D eigenvalue weighted by atomic mass is 10.2. The van der Waals surface area contributed by atoms with E-state index in [9.17, 15) is 4.79 Å². The van der Waals surface area contributed by atoms with E-state index < -0.39 is 0 Å². The second kappa shape index (κ2) is 8.52. The molecule has 1 heterocycles. The summed E-state index contributed by atoms with van der Waals surface area (Å²) in [5.41, 5.74) is 1.66. The molecule has 1 aliphatic heterocycles. The molecule has 0 bridgehead atoms. The summed E-state index contributed by atoms with van der Waals surface area (Å²) in [6, 6.07) is 12.8. The Morgan fingerprint density at radius 3 is 2.38 bits per heavy atom. The first-order valence-corrected chi connectivity index (χ1v) is 9.31. The highest BCUT2D eigenvalue weighted by Gasteiger charge is 2.22. The predicted molar refractivity (Wildman–Crippen MR) is 107 cm³/mol. The van der Waals surface area contributed by atoms with Crippen LogP contribution in [0.1, 0.15) is 6.92 Å². The van der Waals surface area contributed by atoms with Crippen molar-refractivity contribution in [2.45, 2.75) is 6.92 Å². The van der Waals surface area contributed by atoms with E-state index in [4.69, 9.17) is 27.9 Å². The molecule has 1 saturated heterocycles. The lowest BCUT2D eigenvalue weighted by molar-refractivity contribution is 0.208. The SMILES string of the molecule is CCOc1ccccc1NC(=O)N1CCN(c2cc(Cl)cc(Cl)c2)CC1. The summed E-state index contributed by atoms with van der Waals surface area (Å²) in [4.78, 5) is 16.5. The highest BCUT2D eigenvalue weighted by atomic mass is 35.5. The molecule has 0 saturated carbocycles. The molecular formula is C19H21Cl2N3O2. The maximum atomic E-state index is 12.6. The number of carbonyl (C=O) groups excluding carboxylic acids is 1. The molecule has 0 aromatic heterocycles. The van der Waals surface area contributed by atoms with Crippen LogP contribution >= 0.6 is 23.2 Å². The largest absolute Gasteiger partial charge is 0.492 e. The number of carbonyl (C=O) groups is 1. The Morgan fingerprint density at radius 2 is 1.73 bits per heavy atom. The zero-order valence-corrected chi connectivity index (χ0v) is 16.1. The van der Waals surface area contributed by atoms with Gasteiger partial charge >= 0.3 is 6.03 Å². The summed E-state index contributed by atoms with van der Waals surface area (Å²) in [7, 11) is 0. The second-order valence-corrected chi connectivity index (χ2v) is 6.83. The number of amides is 2. The molecule has 2 amide bonds. The fourth-order valence-electron chi connectivity index (χ4n) is 2.94. The lowest BCUT2D eigenvalue weighted by Crippen LogP contribution is -2.50. The number of rotatable bonds is 4. The lowest BCUT2D eigenvalue weighted by Gasteiger charge is -2.36. The average molecular weight is 394 g/mol. The Kier molecular flexibility index (Phi) is 6.12. The van der Waals surface area contributed by atoms with Gasteiger partial charge in [0.2, 0.25) is 0 Å². The normalized spacial score (nSPS) is 14.3.